The van der Waals surface area contributed by atoms with E-state index >= 15 is 0 Å². The van der Waals surface area contributed by atoms with Gasteiger partial charge in [0, 0.05) is 30.8 Å². The number of benzene rings is 1. The first kappa shape index (κ1) is 16.9. The van der Waals surface area contributed by atoms with Crippen LogP contribution < -0.4 is 5.32 Å². The number of nitrogens with one attached hydrogen (secondary N) is 1. The molecule has 4 nitrogen and oxygen atoms in total. The summed E-state index contributed by atoms with van der Waals surface area (Å²) in [6.45, 7) is 1.94. The highest BCUT2D eigenvalue weighted by Crippen LogP contribution is 2.11. The van der Waals surface area contributed by atoms with Crippen molar-refractivity contribution in [2.24, 2.45) is 0 Å². The summed E-state index contributed by atoms with van der Waals surface area (Å²) in [7, 11) is 0. The van der Waals surface area contributed by atoms with E-state index in [0.717, 1.165) is 17.5 Å². The van der Waals surface area contributed by atoms with Crippen molar-refractivity contribution in [1.29, 1.82) is 0 Å². The molecule has 0 aliphatic carbocycles. The van der Waals surface area contributed by atoms with E-state index in [0.29, 0.717) is 19.3 Å². The van der Waals surface area contributed by atoms with Crippen molar-refractivity contribution in [3.05, 3.63) is 66.0 Å². The Morgan fingerprint density at radius 1 is 1.04 bits per heavy atom. The van der Waals surface area contributed by atoms with Crippen LogP contribution >= 0.6 is 0 Å². The maximum absolute atomic E-state index is 11.9. The number of unbranched alkanes of at least 4 members (excludes halogenated alkanes) is 1. The Kier molecular flexibility index (Phi) is 6.48. The molecule has 2 rings (SSSR count). The Bertz CT molecular complexity index is 626. The number of aromatic nitrogens is 1. The molecule has 120 valence electrons. The maximum Gasteiger partial charge on any atom is 0.220 e. The predicted molar refractivity (Wildman–Crippen MR) is 90.0 cm³/mol. The fraction of sp³-hybridized carbons (Fsp3) is 0.316. The molecule has 1 atom stereocenters. The lowest BCUT2D eigenvalue weighted by atomic mass is 10.0. The zero-order chi connectivity index (χ0) is 16.5. The number of carbonyl (C=O) groups is 2. The Morgan fingerprint density at radius 3 is 2.48 bits per heavy atom. The molecule has 1 heterocycles. The Morgan fingerprint density at radius 2 is 1.78 bits per heavy atom. The van der Waals surface area contributed by atoms with Crippen LogP contribution in [0.15, 0.2) is 54.9 Å². The maximum atomic E-state index is 11.9. The van der Waals surface area contributed by atoms with Gasteiger partial charge in [0.1, 0.15) is 0 Å². The summed E-state index contributed by atoms with van der Waals surface area (Å²) in [6.07, 6.45) is 5.82. The Balaban J connectivity index is 1.66. The molecule has 2 aromatic rings. The van der Waals surface area contributed by atoms with Gasteiger partial charge in [-0.1, -0.05) is 36.4 Å². The van der Waals surface area contributed by atoms with E-state index < -0.39 is 0 Å². The van der Waals surface area contributed by atoms with Gasteiger partial charge in [-0.15, -0.1) is 0 Å². The number of hydrogen-bond donors (Lipinski definition) is 1. The van der Waals surface area contributed by atoms with E-state index in [2.05, 4.69) is 10.3 Å². The van der Waals surface area contributed by atoms with Crippen LogP contribution in [-0.4, -0.2) is 16.7 Å². The van der Waals surface area contributed by atoms with Crippen LogP contribution in [-0.2, 0) is 4.79 Å². The smallest absolute Gasteiger partial charge is 0.220 e. The van der Waals surface area contributed by atoms with Crippen molar-refractivity contribution in [1.82, 2.24) is 10.3 Å². The van der Waals surface area contributed by atoms with Gasteiger partial charge in [-0.05, 0) is 31.4 Å². The molecule has 0 saturated heterocycles. The lowest BCUT2D eigenvalue weighted by Gasteiger charge is -2.13. The van der Waals surface area contributed by atoms with E-state index in [9.17, 15) is 9.59 Å². The molecular weight excluding hydrogens is 288 g/mol. The minimum absolute atomic E-state index is 0.00788. The SMILES string of the molecule is C[C@@H](NC(=O)CCCCC(=O)c1ccccc1)c1cccnc1. The average molecular weight is 310 g/mol. The van der Waals surface area contributed by atoms with E-state index in [-0.39, 0.29) is 17.7 Å². The van der Waals surface area contributed by atoms with Gasteiger partial charge in [0.2, 0.25) is 5.91 Å². The summed E-state index contributed by atoms with van der Waals surface area (Å²) in [4.78, 5) is 27.9. The summed E-state index contributed by atoms with van der Waals surface area (Å²) < 4.78 is 0. The zero-order valence-corrected chi connectivity index (χ0v) is 13.4. The van der Waals surface area contributed by atoms with Crippen LogP contribution in [0.4, 0.5) is 0 Å². The van der Waals surface area contributed by atoms with E-state index in [1.54, 1.807) is 12.4 Å². The quantitative estimate of drug-likeness (QED) is 0.597. The van der Waals surface area contributed by atoms with E-state index in [1.807, 2.05) is 49.4 Å². The molecule has 23 heavy (non-hydrogen) atoms. The standard InChI is InChI=1S/C19H22N2O2/c1-15(17-10-7-13-20-14-17)21-19(23)12-6-5-11-18(22)16-8-3-2-4-9-16/h2-4,7-10,13-15H,5-6,11-12H2,1H3,(H,21,23)/t15-/m1/s1. The number of Topliss-reactive ketones (excluding diaryl/α,β-unsaturated/α-hetero) is 1. The molecule has 0 radical (unpaired) electrons. The number of carbonyl (C=O) groups excluding carboxylic acids is 2. The van der Waals surface area contributed by atoms with Gasteiger partial charge in [0.15, 0.2) is 5.78 Å². The summed E-state index contributed by atoms with van der Waals surface area (Å²) in [5.74, 6) is 0.142. The number of pyridine rings is 1. The molecule has 0 saturated carbocycles. The summed E-state index contributed by atoms with van der Waals surface area (Å²) in [5.41, 5.74) is 1.72. The topological polar surface area (TPSA) is 59.1 Å². The molecular formula is C19H22N2O2. The first-order valence-corrected chi connectivity index (χ1v) is 7.94. The van der Waals surface area contributed by atoms with Crippen LogP contribution in [0.5, 0.6) is 0 Å². The predicted octanol–water partition coefficient (Wildman–Crippen LogP) is 3.70. The third kappa shape index (κ3) is 5.66. The summed E-state index contributed by atoms with van der Waals surface area (Å²) >= 11 is 0. The molecule has 1 aromatic carbocycles. The number of ketones is 1. The molecule has 0 aliphatic heterocycles. The van der Waals surface area contributed by atoms with Gasteiger partial charge in [0.25, 0.3) is 0 Å². The van der Waals surface area contributed by atoms with Crippen molar-refractivity contribution in [3.8, 4) is 0 Å². The average Bonchev–Trinajstić information content (AvgIpc) is 2.60. The minimum atomic E-state index is -0.0536. The first-order valence-electron chi connectivity index (χ1n) is 7.94. The largest absolute Gasteiger partial charge is 0.350 e. The summed E-state index contributed by atoms with van der Waals surface area (Å²) in [5, 5.41) is 2.95. The highest BCUT2D eigenvalue weighted by Gasteiger charge is 2.10. The van der Waals surface area contributed by atoms with Crippen LogP contribution in [0.3, 0.4) is 0 Å². The highest BCUT2D eigenvalue weighted by atomic mass is 16.1. The number of nitrogens with zero attached hydrogens (tertiary/aromatic N) is 1. The van der Waals surface area contributed by atoms with Gasteiger partial charge >= 0.3 is 0 Å². The normalized spacial score (nSPS) is 11.7. The van der Waals surface area contributed by atoms with Gasteiger partial charge in [-0.25, -0.2) is 0 Å². The van der Waals surface area contributed by atoms with Crippen LogP contribution in [0, 0.1) is 0 Å². The van der Waals surface area contributed by atoms with E-state index in [1.165, 1.54) is 0 Å². The van der Waals surface area contributed by atoms with Crippen molar-refractivity contribution in [2.45, 2.75) is 38.6 Å². The fourth-order valence-electron chi connectivity index (χ4n) is 2.37. The number of hydrogen-bond acceptors (Lipinski definition) is 3. The van der Waals surface area contributed by atoms with Gasteiger partial charge < -0.3 is 5.32 Å². The zero-order valence-electron chi connectivity index (χ0n) is 13.4. The van der Waals surface area contributed by atoms with Crippen molar-refractivity contribution in [3.63, 3.8) is 0 Å². The second-order valence-corrected chi connectivity index (χ2v) is 5.57. The number of rotatable bonds is 8. The second kappa shape index (κ2) is 8.83. The molecule has 0 fully saturated rings. The fourth-order valence-corrected chi connectivity index (χ4v) is 2.37. The van der Waals surface area contributed by atoms with Crippen LogP contribution in [0.25, 0.3) is 0 Å². The molecule has 0 spiro atoms. The number of amides is 1. The van der Waals surface area contributed by atoms with Crippen molar-refractivity contribution >= 4 is 11.7 Å². The monoisotopic (exact) mass is 310 g/mol. The molecule has 4 heteroatoms. The molecule has 0 bridgehead atoms. The van der Waals surface area contributed by atoms with Crippen molar-refractivity contribution in [2.75, 3.05) is 0 Å². The third-order valence-corrected chi connectivity index (χ3v) is 3.72. The van der Waals surface area contributed by atoms with Crippen molar-refractivity contribution < 1.29 is 9.59 Å². The molecule has 0 aliphatic rings. The van der Waals surface area contributed by atoms with Gasteiger partial charge in [-0.2, -0.15) is 0 Å². The molecule has 1 amide bonds. The Labute approximate surface area is 137 Å². The molecule has 0 unspecified atom stereocenters. The first-order chi connectivity index (χ1) is 11.2. The minimum Gasteiger partial charge on any atom is -0.350 e. The van der Waals surface area contributed by atoms with Gasteiger partial charge in [-0.3, -0.25) is 14.6 Å². The van der Waals surface area contributed by atoms with E-state index in [4.69, 9.17) is 0 Å². The van der Waals surface area contributed by atoms with Crippen LogP contribution in [0.1, 0.15) is 54.6 Å². The third-order valence-electron chi connectivity index (χ3n) is 3.72. The lowest BCUT2D eigenvalue weighted by Crippen LogP contribution is -2.26. The molecule has 1 N–H and O–H groups in total. The summed E-state index contributed by atoms with van der Waals surface area (Å²) in [6, 6.07) is 13.0. The Hall–Kier alpha value is -2.49. The molecule has 1 aromatic heterocycles. The van der Waals surface area contributed by atoms with Gasteiger partial charge in [0.05, 0.1) is 6.04 Å². The second-order valence-electron chi connectivity index (χ2n) is 5.57. The highest BCUT2D eigenvalue weighted by molar-refractivity contribution is 5.95. The lowest BCUT2D eigenvalue weighted by molar-refractivity contribution is -0.121. The van der Waals surface area contributed by atoms with Crippen LogP contribution in [0.2, 0.25) is 0 Å².